The van der Waals surface area contributed by atoms with E-state index < -0.39 is 0 Å². The molecule has 6 nitrogen and oxygen atoms in total. The number of piperidine rings is 1. The number of rotatable bonds is 5. The van der Waals surface area contributed by atoms with Gasteiger partial charge in [0.2, 0.25) is 0 Å². The fourth-order valence-electron chi connectivity index (χ4n) is 5.04. The topological polar surface area (TPSA) is 67.9 Å². The van der Waals surface area contributed by atoms with Gasteiger partial charge in [0.25, 0.3) is 11.8 Å². The smallest absolute Gasteiger partial charge is 0.262 e. The molecule has 2 amide bonds. The number of methoxy groups -OCH3 is 1. The summed E-state index contributed by atoms with van der Waals surface area (Å²) in [4.78, 5) is 26.8. The first-order valence-electron chi connectivity index (χ1n) is 11.7. The summed E-state index contributed by atoms with van der Waals surface area (Å²) >= 11 is 0. The Morgan fingerprint density at radius 3 is 2.41 bits per heavy atom. The number of nitrogens with one attached hydrogen (secondary N) is 1. The summed E-state index contributed by atoms with van der Waals surface area (Å²) < 4.78 is 10.8. The van der Waals surface area contributed by atoms with Gasteiger partial charge < -0.3 is 19.7 Å². The number of hydrogen-bond donors (Lipinski definition) is 1. The van der Waals surface area contributed by atoms with Crippen LogP contribution < -0.4 is 14.8 Å². The third-order valence-electron chi connectivity index (χ3n) is 6.79. The highest BCUT2D eigenvalue weighted by Crippen LogP contribution is 2.39. The Morgan fingerprint density at radius 2 is 1.71 bits per heavy atom. The number of fused-ring (bicyclic) bond motifs is 1. The van der Waals surface area contributed by atoms with E-state index in [4.69, 9.17) is 9.47 Å². The van der Waals surface area contributed by atoms with Gasteiger partial charge in [-0.3, -0.25) is 9.59 Å². The molecule has 2 aliphatic heterocycles. The number of benzene rings is 3. The largest absolute Gasteiger partial charge is 0.497 e. The van der Waals surface area contributed by atoms with E-state index in [0.717, 1.165) is 18.6 Å². The van der Waals surface area contributed by atoms with Gasteiger partial charge in [-0.1, -0.05) is 42.5 Å². The fourth-order valence-corrected chi connectivity index (χ4v) is 5.04. The minimum atomic E-state index is -0.205. The fraction of sp³-hybridized carbons (Fsp3) is 0.286. The van der Waals surface area contributed by atoms with Crippen LogP contribution in [0.25, 0.3) is 0 Å². The lowest BCUT2D eigenvalue weighted by Crippen LogP contribution is -2.40. The Kier molecular flexibility index (Phi) is 6.21. The Bertz CT molecular complexity index is 1170. The van der Waals surface area contributed by atoms with Crippen molar-refractivity contribution < 1.29 is 19.1 Å². The van der Waals surface area contributed by atoms with Crippen molar-refractivity contribution in [2.24, 2.45) is 5.92 Å². The Labute approximate surface area is 199 Å². The molecule has 1 atom stereocenters. The number of anilines is 1. The summed E-state index contributed by atoms with van der Waals surface area (Å²) in [6, 6.07) is 24.2. The average molecular weight is 457 g/mol. The van der Waals surface area contributed by atoms with Crippen LogP contribution in [0.3, 0.4) is 0 Å². The molecule has 34 heavy (non-hydrogen) atoms. The highest BCUT2D eigenvalue weighted by atomic mass is 16.5. The van der Waals surface area contributed by atoms with E-state index in [0.29, 0.717) is 36.0 Å². The molecule has 6 heteroatoms. The van der Waals surface area contributed by atoms with E-state index >= 15 is 0 Å². The number of ether oxygens (including phenoxy) is 2. The van der Waals surface area contributed by atoms with Crippen molar-refractivity contribution >= 4 is 17.5 Å². The summed E-state index contributed by atoms with van der Waals surface area (Å²) in [6.07, 6.45) is 1.84. The third kappa shape index (κ3) is 4.49. The van der Waals surface area contributed by atoms with E-state index in [1.54, 1.807) is 25.3 Å². The quantitative estimate of drug-likeness (QED) is 0.604. The Balaban J connectivity index is 1.32. The van der Waals surface area contributed by atoms with E-state index in [-0.39, 0.29) is 24.3 Å². The molecule has 1 fully saturated rings. The van der Waals surface area contributed by atoms with Gasteiger partial charge in [0.1, 0.15) is 11.5 Å². The molecule has 3 aromatic carbocycles. The predicted molar refractivity (Wildman–Crippen MR) is 130 cm³/mol. The minimum absolute atomic E-state index is 0.00455. The summed E-state index contributed by atoms with van der Waals surface area (Å²) in [6.45, 7) is 1.40. The van der Waals surface area contributed by atoms with Crippen LogP contribution in [0, 0.1) is 5.92 Å². The van der Waals surface area contributed by atoms with Crippen LogP contribution in [-0.2, 0) is 4.79 Å². The maximum Gasteiger partial charge on any atom is 0.262 e. The van der Waals surface area contributed by atoms with Gasteiger partial charge in [-0.05, 0) is 60.2 Å². The van der Waals surface area contributed by atoms with Gasteiger partial charge in [-0.2, -0.15) is 0 Å². The minimum Gasteiger partial charge on any atom is -0.497 e. The average Bonchev–Trinajstić information content (AvgIpc) is 2.89. The Morgan fingerprint density at radius 1 is 1.00 bits per heavy atom. The standard InChI is InChI=1S/C28H28N2O4/c1-33-23-10-7-20(8-11-23)27(19-5-3-2-4-6-19)21-13-15-30(16-14-21)28(32)22-9-12-25-24(17-22)29-26(31)18-34-25/h2-12,17,21,27H,13-16,18H2,1H3,(H,29,31). The molecule has 5 rings (SSSR count). The predicted octanol–water partition coefficient (Wildman–Crippen LogP) is 4.71. The zero-order valence-corrected chi connectivity index (χ0v) is 19.2. The van der Waals surface area contributed by atoms with Gasteiger partial charge in [0.05, 0.1) is 12.8 Å². The molecule has 1 N–H and O–H groups in total. The highest BCUT2D eigenvalue weighted by molar-refractivity contribution is 5.99. The van der Waals surface area contributed by atoms with Crippen LogP contribution in [0.4, 0.5) is 5.69 Å². The first-order chi connectivity index (χ1) is 16.6. The van der Waals surface area contributed by atoms with Crippen LogP contribution >= 0.6 is 0 Å². The van der Waals surface area contributed by atoms with Crippen molar-refractivity contribution in [2.75, 3.05) is 32.1 Å². The van der Waals surface area contributed by atoms with Crippen LogP contribution in [0.2, 0.25) is 0 Å². The number of carbonyl (C=O) groups is 2. The second-order valence-corrected chi connectivity index (χ2v) is 8.84. The normalized spacial score (nSPS) is 16.7. The maximum absolute atomic E-state index is 13.2. The summed E-state index contributed by atoms with van der Waals surface area (Å²) in [5.74, 6) is 1.92. The molecule has 0 aromatic heterocycles. The van der Waals surface area contributed by atoms with Crippen molar-refractivity contribution in [3.8, 4) is 11.5 Å². The molecule has 3 aromatic rings. The van der Waals surface area contributed by atoms with Gasteiger partial charge >= 0.3 is 0 Å². The second-order valence-electron chi connectivity index (χ2n) is 8.84. The molecule has 0 aliphatic carbocycles. The number of amides is 2. The van der Waals surface area contributed by atoms with E-state index in [1.165, 1.54) is 11.1 Å². The molecule has 1 saturated heterocycles. The molecule has 1 unspecified atom stereocenters. The van der Waals surface area contributed by atoms with Gasteiger partial charge in [0.15, 0.2) is 6.61 Å². The maximum atomic E-state index is 13.2. The van der Waals surface area contributed by atoms with Crippen LogP contribution in [-0.4, -0.2) is 43.5 Å². The van der Waals surface area contributed by atoms with Crippen molar-refractivity contribution in [3.05, 3.63) is 89.5 Å². The van der Waals surface area contributed by atoms with Gasteiger partial charge in [0, 0.05) is 24.6 Å². The molecule has 174 valence electrons. The molecular formula is C28H28N2O4. The lowest BCUT2D eigenvalue weighted by molar-refractivity contribution is -0.118. The van der Waals surface area contributed by atoms with E-state index in [2.05, 4.69) is 41.7 Å². The molecule has 0 spiro atoms. The lowest BCUT2D eigenvalue weighted by Gasteiger charge is -2.37. The number of hydrogen-bond acceptors (Lipinski definition) is 4. The molecule has 0 saturated carbocycles. The number of likely N-dealkylation sites (tertiary alicyclic amines) is 1. The summed E-state index contributed by atoms with van der Waals surface area (Å²) in [7, 11) is 1.68. The second kappa shape index (κ2) is 9.59. The van der Waals surface area contributed by atoms with Gasteiger partial charge in [-0.25, -0.2) is 0 Å². The van der Waals surface area contributed by atoms with E-state index in [9.17, 15) is 9.59 Å². The van der Waals surface area contributed by atoms with Crippen LogP contribution in [0.5, 0.6) is 11.5 Å². The monoisotopic (exact) mass is 456 g/mol. The first kappa shape index (κ1) is 22.0. The first-order valence-corrected chi connectivity index (χ1v) is 11.7. The Hall–Kier alpha value is -3.80. The van der Waals surface area contributed by atoms with Crippen LogP contribution in [0.15, 0.2) is 72.8 Å². The van der Waals surface area contributed by atoms with Gasteiger partial charge in [-0.15, -0.1) is 0 Å². The van der Waals surface area contributed by atoms with Crippen molar-refractivity contribution in [1.82, 2.24) is 4.90 Å². The van der Waals surface area contributed by atoms with Crippen molar-refractivity contribution in [1.29, 1.82) is 0 Å². The third-order valence-corrected chi connectivity index (χ3v) is 6.79. The summed E-state index contributed by atoms with van der Waals surface area (Å²) in [5.41, 5.74) is 3.68. The van der Waals surface area contributed by atoms with Crippen LogP contribution in [0.1, 0.15) is 40.2 Å². The number of nitrogens with zero attached hydrogens (tertiary/aromatic N) is 1. The zero-order valence-electron chi connectivity index (χ0n) is 19.2. The summed E-state index contributed by atoms with van der Waals surface area (Å²) in [5, 5.41) is 2.78. The van der Waals surface area contributed by atoms with Crippen molar-refractivity contribution in [2.45, 2.75) is 18.8 Å². The zero-order chi connectivity index (χ0) is 23.5. The van der Waals surface area contributed by atoms with E-state index in [1.807, 2.05) is 23.1 Å². The lowest BCUT2D eigenvalue weighted by atomic mass is 9.76. The number of carbonyl (C=O) groups excluding carboxylic acids is 2. The van der Waals surface area contributed by atoms with Crippen molar-refractivity contribution in [3.63, 3.8) is 0 Å². The molecule has 0 radical (unpaired) electrons. The molecular weight excluding hydrogens is 428 g/mol. The molecule has 2 aliphatic rings. The highest BCUT2D eigenvalue weighted by Gasteiger charge is 2.31. The SMILES string of the molecule is COc1ccc(C(c2ccccc2)C2CCN(C(=O)c3ccc4c(c3)NC(=O)CO4)CC2)cc1. The molecule has 0 bridgehead atoms. The molecule has 2 heterocycles.